The van der Waals surface area contributed by atoms with Gasteiger partial charge in [-0.1, -0.05) is 6.92 Å². The number of hydrogen-bond acceptors (Lipinski definition) is 3. The quantitative estimate of drug-likeness (QED) is 0.647. The Morgan fingerprint density at radius 3 is 2.79 bits per heavy atom. The fourth-order valence-corrected chi connectivity index (χ4v) is 2.29. The van der Waals surface area contributed by atoms with Gasteiger partial charge in [0.25, 0.3) is 0 Å². The molecule has 0 radical (unpaired) electrons. The molecule has 0 aliphatic carbocycles. The van der Waals surface area contributed by atoms with Crippen molar-refractivity contribution < 1.29 is 9.53 Å². The zero-order chi connectivity index (χ0) is 10.6. The van der Waals surface area contributed by atoms with Crippen molar-refractivity contribution in [3.8, 4) is 0 Å². The molecule has 1 fully saturated rings. The van der Waals surface area contributed by atoms with Crippen LogP contribution in [0.2, 0.25) is 0 Å². The van der Waals surface area contributed by atoms with E-state index in [1.165, 1.54) is 26.4 Å². The molecule has 3 heteroatoms. The number of methoxy groups -OCH3 is 1. The van der Waals surface area contributed by atoms with Crippen LogP contribution in [0.3, 0.4) is 0 Å². The average molecular weight is 199 g/mol. The van der Waals surface area contributed by atoms with Gasteiger partial charge in [0.2, 0.25) is 0 Å². The molecule has 14 heavy (non-hydrogen) atoms. The van der Waals surface area contributed by atoms with E-state index in [4.69, 9.17) is 0 Å². The standard InChI is InChI=1S/C11H21NO2/c1-4-10-6-5-9(2)12(10)8-7-11(13)14-3/h9-10H,4-8H2,1-3H3. The molecule has 2 atom stereocenters. The number of nitrogens with zero attached hydrogens (tertiary/aromatic N) is 1. The van der Waals surface area contributed by atoms with E-state index in [1.807, 2.05) is 0 Å². The van der Waals surface area contributed by atoms with Gasteiger partial charge < -0.3 is 4.74 Å². The van der Waals surface area contributed by atoms with Gasteiger partial charge in [-0.05, 0) is 26.2 Å². The summed E-state index contributed by atoms with van der Waals surface area (Å²) in [6.45, 7) is 5.31. The van der Waals surface area contributed by atoms with Gasteiger partial charge in [-0.15, -0.1) is 0 Å². The van der Waals surface area contributed by atoms with Crippen LogP contribution < -0.4 is 0 Å². The van der Waals surface area contributed by atoms with Crippen LogP contribution in [0, 0.1) is 0 Å². The van der Waals surface area contributed by atoms with Crippen molar-refractivity contribution in [2.45, 2.75) is 51.6 Å². The number of likely N-dealkylation sites (tertiary alicyclic amines) is 1. The monoisotopic (exact) mass is 199 g/mol. The lowest BCUT2D eigenvalue weighted by Crippen LogP contribution is -2.35. The molecular formula is C11H21NO2. The third-order valence-corrected chi connectivity index (χ3v) is 3.23. The molecule has 0 bridgehead atoms. The minimum Gasteiger partial charge on any atom is -0.469 e. The minimum atomic E-state index is -0.0982. The van der Waals surface area contributed by atoms with Crippen molar-refractivity contribution in [3.05, 3.63) is 0 Å². The molecule has 1 aliphatic rings. The van der Waals surface area contributed by atoms with E-state index < -0.39 is 0 Å². The van der Waals surface area contributed by atoms with Gasteiger partial charge in [-0.25, -0.2) is 0 Å². The number of hydrogen-bond donors (Lipinski definition) is 0. The number of ether oxygens (including phenoxy) is 1. The molecule has 82 valence electrons. The van der Waals surface area contributed by atoms with Gasteiger partial charge >= 0.3 is 5.97 Å². The summed E-state index contributed by atoms with van der Waals surface area (Å²) in [7, 11) is 1.45. The first-order chi connectivity index (χ1) is 6.69. The van der Waals surface area contributed by atoms with Crippen LogP contribution in [0.15, 0.2) is 0 Å². The molecule has 0 aromatic heterocycles. The minimum absolute atomic E-state index is 0.0982. The van der Waals surface area contributed by atoms with Gasteiger partial charge in [0.1, 0.15) is 0 Å². The average Bonchev–Trinajstić information content (AvgIpc) is 2.55. The topological polar surface area (TPSA) is 29.5 Å². The molecule has 3 nitrogen and oxygen atoms in total. The summed E-state index contributed by atoms with van der Waals surface area (Å²) in [5, 5.41) is 0. The third kappa shape index (κ3) is 2.71. The second kappa shape index (κ2) is 5.35. The van der Waals surface area contributed by atoms with Gasteiger partial charge in [-0.3, -0.25) is 9.69 Å². The normalized spacial score (nSPS) is 27.9. The van der Waals surface area contributed by atoms with Crippen LogP contribution in [0.5, 0.6) is 0 Å². The molecule has 0 aromatic rings. The highest BCUT2D eigenvalue weighted by molar-refractivity contribution is 5.69. The predicted molar refractivity (Wildman–Crippen MR) is 56.1 cm³/mol. The first-order valence-electron chi connectivity index (χ1n) is 5.51. The van der Waals surface area contributed by atoms with E-state index in [1.54, 1.807) is 0 Å². The number of carbonyl (C=O) groups is 1. The highest BCUT2D eigenvalue weighted by atomic mass is 16.5. The van der Waals surface area contributed by atoms with Gasteiger partial charge in [0.15, 0.2) is 0 Å². The first kappa shape index (κ1) is 11.5. The fourth-order valence-electron chi connectivity index (χ4n) is 2.29. The summed E-state index contributed by atoms with van der Waals surface area (Å²) >= 11 is 0. The van der Waals surface area contributed by atoms with Crippen LogP contribution in [0.1, 0.15) is 39.5 Å². The van der Waals surface area contributed by atoms with Crippen molar-refractivity contribution >= 4 is 5.97 Å². The Labute approximate surface area is 86.4 Å². The molecule has 0 amide bonds. The molecule has 0 spiro atoms. The maximum atomic E-state index is 11.0. The van der Waals surface area contributed by atoms with E-state index in [-0.39, 0.29) is 5.97 Å². The Balaban J connectivity index is 2.37. The molecular weight excluding hydrogens is 178 g/mol. The van der Waals surface area contributed by atoms with E-state index in [9.17, 15) is 4.79 Å². The maximum absolute atomic E-state index is 11.0. The van der Waals surface area contributed by atoms with Crippen molar-refractivity contribution in [2.24, 2.45) is 0 Å². The molecule has 2 unspecified atom stereocenters. The number of esters is 1. The highest BCUT2D eigenvalue weighted by Crippen LogP contribution is 2.25. The fraction of sp³-hybridized carbons (Fsp3) is 0.909. The van der Waals surface area contributed by atoms with Crippen molar-refractivity contribution in [2.75, 3.05) is 13.7 Å². The molecule has 1 heterocycles. The molecule has 0 N–H and O–H groups in total. The summed E-state index contributed by atoms with van der Waals surface area (Å²) in [6.07, 6.45) is 4.25. The van der Waals surface area contributed by atoms with E-state index >= 15 is 0 Å². The highest BCUT2D eigenvalue weighted by Gasteiger charge is 2.28. The van der Waals surface area contributed by atoms with Crippen LogP contribution in [0.25, 0.3) is 0 Å². The predicted octanol–water partition coefficient (Wildman–Crippen LogP) is 1.81. The zero-order valence-electron chi connectivity index (χ0n) is 9.45. The Morgan fingerprint density at radius 2 is 2.21 bits per heavy atom. The van der Waals surface area contributed by atoms with Crippen molar-refractivity contribution in [1.29, 1.82) is 0 Å². The van der Waals surface area contributed by atoms with Gasteiger partial charge in [-0.2, -0.15) is 0 Å². The summed E-state index contributed by atoms with van der Waals surface area (Å²) in [6, 6.07) is 1.30. The summed E-state index contributed by atoms with van der Waals surface area (Å²) in [5.74, 6) is -0.0982. The lowest BCUT2D eigenvalue weighted by Gasteiger charge is -2.26. The van der Waals surface area contributed by atoms with E-state index in [2.05, 4.69) is 23.5 Å². The molecule has 1 aliphatic heterocycles. The zero-order valence-corrected chi connectivity index (χ0v) is 9.45. The Bertz CT molecular complexity index is 194. The summed E-state index contributed by atoms with van der Waals surface area (Å²) in [5.41, 5.74) is 0. The summed E-state index contributed by atoms with van der Waals surface area (Å²) < 4.78 is 4.65. The van der Waals surface area contributed by atoms with E-state index in [0.717, 1.165) is 6.54 Å². The van der Waals surface area contributed by atoms with Crippen molar-refractivity contribution in [3.63, 3.8) is 0 Å². The second-order valence-corrected chi connectivity index (χ2v) is 4.05. The summed E-state index contributed by atoms with van der Waals surface area (Å²) in [4.78, 5) is 13.5. The van der Waals surface area contributed by atoms with Crippen LogP contribution in [-0.4, -0.2) is 36.6 Å². The molecule has 0 aromatic carbocycles. The smallest absolute Gasteiger partial charge is 0.306 e. The largest absolute Gasteiger partial charge is 0.469 e. The number of carbonyl (C=O) groups excluding carboxylic acids is 1. The van der Waals surface area contributed by atoms with Crippen LogP contribution >= 0.6 is 0 Å². The SMILES string of the molecule is CCC1CCC(C)N1CCC(=O)OC. The van der Waals surface area contributed by atoms with Crippen molar-refractivity contribution in [1.82, 2.24) is 4.90 Å². The van der Waals surface area contributed by atoms with Crippen LogP contribution in [-0.2, 0) is 9.53 Å². The van der Waals surface area contributed by atoms with Gasteiger partial charge in [0.05, 0.1) is 13.5 Å². The molecule has 1 saturated heterocycles. The second-order valence-electron chi connectivity index (χ2n) is 4.05. The lowest BCUT2D eigenvalue weighted by molar-refractivity contribution is -0.141. The molecule has 0 saturated carbocycles. The lowest BCUT2D eigenvalue weighted by atomic mass is 10.1. The Morgan fingerprint density at radius 1 is 1.50 bits per heavy atom. The Kier molecular flexibility index (Phi) is 4.39. The van der Waals surface area contributed by atoms with Crippen LogP contribution in [0.4, 0.5) is 0 Å². The molecule has 1 rings (SSSR count). The Hall–Kier alpha value is -0.570. The third-order valence-electron chi connectivity index (χ3n) is 3.23. The number of rotatable bonds is 4. The van der Waals surface area contributed by atoms with Gasteiger partial charge in [0, 0.05) is 18.6 Å². The van der Waals surface area contributed by atoms with E-state index in [0.29, 0.717) is 18.5 Å². The first-order valence-corrected chi connectivity index (χ1v) is 5.51. The maximum Gasteiger partial charge on any atom is 0.306 e.